The van der Waals surface area contributed by atoms with E-state index in [4.69, 9.17) is 16.4 Å². The van der Waals surface area contributed by atoms with E-state index in [2.05, 4.69) is 10.6 Å². The molecule has 134 valence electrons. The van der Waals surface area contributed by atoms with Gasteiger partial charge in [-0.25, -0.2) is 10.2 Å². The van der Waals surface area contributed by atoms with Crippen molar-refractivity contribution in [3.8, 4) is 0 Å². The van der Waals surface area contributed by atoms with Gasteiger partial charge in [0, 0.05) is 0 Å². The number of benzene rings is 2. The standard InChI is InChI=1S/C20H20ClN3O2/c1-14-8-10-16(11-9-14)12-24-19(21)18(15(2)22-24)20(25)23-26-13-17-6-4-3-5-7-17/h3-11H,12-13H2,1-2H3,(H,23,25). The Bertz CT molecular complexity index is 889. The summed E-state index contributed by atoms with van der Waals surface area (Å²) in [5.41, 5.74) is 6.53. The van der Waals surface area contributed by atoms with Gasteiger partial charge in [0.15, 0.2) is 0 Å². The maximum Gasteiger partial charge on any atom is 0.279 e. The summed E-state index contributed by atoms with van der Waals surface area (Å²) in [7, 11) is 0. The Hall–Kier alpha value is -2.63. The predicted molar refractivity (Wildman–Crippen MR) is 101 cm³/mol. The van der Waals surface area contributed by atoms with Crippen molar-refractivity contribution in [3.63, 3.8) is 0 Å². The fourth-order valence-corrected chi connectivity index (χ4v) is 2.91. The molecule has 1 aromatic heterocycles. The zero-order chi connectivity index (χ0) is 18.5. The Morgan fingerprint density at radius 1 is 1.08 bits per heavy atom. The molecule has 1 amide bonds. The average molecular weight is 370 g/mol. The van der Waals surface area contributed by atoms with Crippen LogP contribution >= 0.6 is 11.6 Å². The molecule has 0 aliphatic heterocycles. The Morgan fingerprint density at radius 2 is 1.77 bits per heavy atom. The minimum atomic E-state index is -0.404. The third-order valence-electron chi connectivity index (χ3n) is 3.99. The number of nitrogens with one attached hydrogen (secondary N) is 1. The highest BCUT2D eigenvalue weighted by atomic mass is 35.5. The SMILES string of the molecule is Cc1ccc(Cn2nc(C)c(C(=O)NOCc3ccccc3)c2Cl)cc1. The van der Waals surface area contributed by atoms with E-state index in [0.29, 0.717) is 23.0 Å². The van der Waals surface area contributed by atoms with Crippen LogP contribution in [0.3, 0.4) is 0 Å². The first-order valence-electron chi connectivity index (χ1n) is 8.29. The minimum absolute atomic E-state index is 0.279. The minimum Gasteiger partial charge on any atom is -0.269 e. The number of amides is 1. The van der Waals surface area contributed by atoms with Gasteiger partial charge in [-0.05, 0) is 25.0 Å². The summed E-state index contributed by atoms with van der Waals surface area (Å²) in [6.45, 7) is 4.56. The normalized spacial score (nSPS) is 10.7. The predicted octanol–water partition coefficient (Wildman–Crippen LogP) is 4.06. The molecule has 0 saturated carbocycles. The van der Waals surface area contributed by atoms with Gasteiger partial charge in [0.05, 0.1) is 18.8 Å². The van der Waals surface area contributed by atoms with Crippen molar-refractivity contribution in [2.45, 2.75) is 27.0 Å². The smallest absolute Gasteiger partial charge is 0.269 e. The number of hydroxylamine groups is 1. The lowest BCUT2D eigenvalue weighted by Gasteiger charge is -2.07. The first-order valence-corrected chi connectivity index (χ1v) is 8.67. The molecular formula is C20H20ClN3O2. The highest BCUT2D eigenvalue weighted by Gasteiger charge is 2.20. The van der Waals surface area contributed by atoms with Gasteiger partial charge in [-0.2, -0.15) is 5.10 Å². The Kier molecular flexibility index (Phi) is 5.71. The molecule has 0 aliphatic rings. The van der Waals surface area contributed by atoms with Crippen molar-refractivity contribution >= 4 is 17.5 Å². The quantitative estimate of drug-likeness (QED) is 0.666. The molecule has 0 radical (unpaired) electrons. The lowest BCUT2D eigenvalue weighted by atomic mass is 10.1. The third-order valence-corrected chi connectivity index (χ3v) is 4.38. The van der Waals surface area contributed by atoms with Crippen LogP contribution in [0, 0.1) is 13.8 Å². The van der Waals surface area contributed by atoms with Gasteiger partial charge in [-0.15, -0.1) is 0 Å². The van der Waals surface area contributed by atoms with E-state index >= 15 is 0 Å². The molecule has 3 rings (SSSR count). The van der Waals surface area contributed by atoms with E-state index in [1.807, 2.05) is 61.5 Å². The van der Waals surface area contributed by atoms with Crippen molar-refractivity contribution in [3.05, 3.63) is 87.7 Å². The number of hydrogen-bond donors (Lipinski definition) is 1. The summed E-state index contributed by atoms with van der Waals surface area (Å²) < 4.78 is 1.62. The van der Waals surface area contributed by atoms with E-state index < -0.39 is 5.91 Å². The lowest BCUT2D eigenvalue weighted by molar-refractivity contribution is 0.0233. The monoisotopic (exact) mass is 369 g/mol. The van der Waals surface area contributed by atoms with Crippen LogP contribution in [0.1, 0.15) is 32.7 Å². The van der Waals surface area contributed by atoms with Crippen LogP contribution in [0.2, 0.25) is 5.15 Å². The van der Waals surface area contributed by atoms with Crippen LogP contribution < -0.4 is 5.48 Å². The molecule has 0 aliphatic carbocycles. The second-order valence-electron chi connectivity index (χ2n) is 6.10. The van der Waals surface area contributed by atoms with Gasteiger partial charge in [-0.3, -0.25) is 9.63 Å². The number of aromatic nitrogens is 2. The zero-order valence-corrected chi connectivity index (χ0v) is 15.5. The summed E-state index contributed by atoms with van der Waals surface area (Å²) >= 11 is 6.39. The lowest BCUT2D eigenvalue weighted by Crippen LogP contribution is -2.24. The van der Waals surface area contributed by atoms with Crippen LogP contribution in [-0.4, -0.2) is 15.7 Å². The summed E-state index contributed by atoms with van der Waals surface area (Å²) in [5.74, 6) is -0.404. The maximum atomic E-state index is 12.4. The molecule has 1 N–H and O–H groups in total. The van der Waals surface area contributed by atoms with Gasteiger partial charge < -0.3 is 0 Å². The number of halogens is 1. The van der Waals surface area contributed by atoms with Crippen molar-refractivity contribution < 1.29 is 9.63 Å². The Balaban J connectivity index is 1.66. The van der Waals surface area contributed by atoms with Crippen LogP contribution in [0.4, 0.5) is 0 Å². The third kappa shape index (κ3) is 4.31. The zero-order valence-electron chi connectivity index (χ0n) is 14.7. The summed E-state index contributed by atoms with van der Waals surface area (Å²) in [4.78, 5) is 17.7. The van der Waals surface area contributed by atoms with E-state index in [1.54, 1.807) is 11.6 Å². The first kappa shape index (κ1) is 18.2. The largest absolute Gasteiger partial charge is 0.279 e. The van der Waals surface area contributed by atoms with E-state index in [-0.39, 0.29) is 6.61 Å². The molecule has 3 aromatic rings. The van der Waals surface area contributed by atoms with Crippen LogP contribution in [-0.2, 0) is 18.0 Å². The number of nitrogens with zero attached hydrogens (tertiary/aromatic N) is 2. The molecule has 1 heterocycles. The van der Waals surface area contributed by atoms with Crippen LogP contribution in [0.15, 0.2) is 54.6 Å². The molecule has 2 aromatic carbocycles. The molecule has 0 atom stereocenters. The molecular weight excluding hydrogens is 350 g/mol. The maximum absolute atomic E-state index is 12.4. The molecule has 0 unspecified atom stereocenters. The Labute approximate surface area is 157 Å². The first-order chi connectivity index (χ1) is 12.5. The number of hydrogen-bond acceptors (Lipinski definition) is 3. The number of aryl methyl sites for hydroxylation is 2. The average Bonchev–Trinajstić information content (AvgIpc) is 2.91. The van der Waals surface area contributed by atoms with E-state index in [1.165, 1.54) is 5.56 Å². The highest BCUT2D eigenvalue weighted by Crippen LogP contribution is 2.21. The van der Waals surface area contributed by atoms with Gasteiger partial charge in [0.2, 0.25) is 0 Å². The van der Waals surface area contributed by atoms with Gasteiger partial charge in [-0.1, -0.05) is 71.8 Å². The van der Waals surface area contributed by atoms with E-state index in [9.17, 15) is 4.79 Å². The molecule has 0 fully saturated rings. The van der Waals surface area contributed by atoms with Gasteiger partial charge >= 0.3 is 0 Å². The summed E-state index contributed by atoms with van der Waals surface area (Å²) in [6.07, 6.45) is 0. The fourth-order valence-electron chi connectivity index (χ4n) is 2.59. The molecule has 26 heavy (non-hydrogen) atoms. The number of rotatable bonds is 6. The van der Waals surface area contributed by atoms with Crippen molar-refractivity contribution in [2.24, 2.45) is 0 Å². The summed E-state index contributed by atoms with van der Waals surface area (Å²) in [5, 5.41) is 4.68. The van der Waals surface area contributed by atoms with Crippen LogP contribution in [0.25, 0.3) is 0 Å². The van der Waals surface area contributed by atoms with Gasteiger partial charge in [0.1, 0.15) is 10.7 Å². The fraction of sp³-hybridized carbons (Fsp3) is 0.200. The number of carbonyl (C=O) groups excluding carboxylic acids is 1. The van der Waals surface area contributed by atoms with Gasteiger partial charge in [0.25, 0.3) is 5.91 Å². The van der Waals surface area contributed by atoms with Crippen molar-refractivity contribution in [2.75, 3.05) is 0 Å². The molecule has 0 saturated heterocycles. The van der Waals surface area contributed by atoms with Crippen molar-refractivity contribution in [1.29, 1.82) is 0 Å². The molecule has 0 bridgehead atoms. The Morgan fingerprint density at radius 3 is 2.46 bits per heavy atom. The van der Waals surface area contributed by atoms with E-state index in [0.717, 1.165) is 11.1 Å². The molecule has 6 heteroatoms. The van der Waals surface area contributed by atoms with Crippen molar-refractivity contribution in [1.82, 2.24) is 15.3 Å². The van der Waals surface area contributed by atoms with Crippen LogP contribution in [0.5, 0.6) is 0 Å². The second kappa shape index (κ2) is 8.17. The topological polar surface area (TPSA) is 56.2 Å². The molecule has 5 nitrogen and oxygen atoms in total. The number of carbonyl (C=O) groups is 1. The second-order valence-corrected chi connectivity index (χ2v) is 6.46. The summed E-state index contributed by atoms with van der Waals surface area (Å²) in [6, 6.07) is 17.7. The highest BCUT2D eigenvalue weighted by molar-refractivity contribution is 6.33. The molecule has 0 spiro atoms.